The lowest BCUT2D eigenvalue weighted by Crippen LogP contribution is -2.15. The van der Waals surface area contributed by atoms with Crippen LogP contribution in [-0.2, 0) is 5.41 Å². The van der Waals surface area contributed by atoms with Crippen LogP contribution >= 0.6 is 0 Å². The van der Waals surface area contributed by atoms with Gasteiger partial charge in [0.05, 0.1) is 0 Å². The summed E-state index contributed by atoms with van der Waals surface area (Å²) in [7, 11) is 0. The van der Waals surface area contributed by atoms with Gasteiger partial charge in [0.25, 0.3) is 0 Å². The van der Waals surface area contributed by atoms with Gasteiger partial charge in [0.1, 0.15) is 0 Å². The molecule has 7 aromatic carbocycles. The minimum Gasteiger partial charge on any atom is -0.0622 e. The Balaban J connectivity index is 1.14. The van der Waals surface area contributed by atoms with Crippen molar-refractivity contribution in [3.05, 3.63) is 181 Å². The predicted molar refractivity (Wildman–Crippen MR) is 191 cm³/mol. The first-order chi connectivity index (χ1) is 22.1. The fraction of sp³-hybridized carbons (Fsp3) is 0.0667. The quantitative estimate of drug-likeness (QED) is 0.192. The van der Waals surface area contributed by atoms with E-state index in [-0.39, 0.29) is 5.41 Å². The fourth-order valence-electron chi connectivity index (χ4n) is 7.13. The van der Waals surface area contributed by atoms with Crippen LogP contribution < -0.4 is 0 Å². The summed E-state index contributed by atoms with van der Waals surface area (Å²) in [6.45, 7) is 4.73. The lowest BCUT2D eigenvalue weighted by molar-refractivity contribution is 0.661. The monoisotopic (exact) mass is 574 g/mol. The molecule has 0 heteroatoms. The van der Waals surface area contributed by atoms with Crippen LogP contribution in [0.5, 0.6) is 0 Å². The van der Waals surface area contributed by atoms with Crippen molar-refractivity contribution in [3.63, 3.8) is 0 Å². The molecule has 0 nitrogen and oxygen atoms in total. The van der Waals surface area contributed by atoms with Crippen LogP contribution in [0.4, 0.5) is 0 Å². The molecule has 0 radical (unpaired) electrons. The third kappa shape index (κ3) is 4.71. The molecule has 0 spiro atoms. The number of benzene rings is 7. The Bertz CT molecular complexity index is 2150. The van der Waals surface area contributed by atoms with Crippen molar-refractivity contribution < 1.29 is 0 Å². The van der Waals surface area contributed by atoms with Crippen LogP contribution in [0.25, 0.3) is 66.8 Å². The van der Waals surface area contributed by atoms with E-state index in [2.05, 4.69) is 184 Å². The number of hydrogen-bond donors (Lipinski definition) is 0. The summed E-state index contributed by atoms with van der Waals surface area (Å²) in [6.07, 6.45) is 0. The molecule has 0 fully saturated rings. The molecule has 7 aromatic rings. The molecular weight excluding hydrogens is 540 g/mol. The molecule has 0 saturated carbocycles. The summed E-state index contributed by atoms with van der Waals surface area (Å²) in [5.41, 5.74) is 17.9. The smallest absolute Gasteiger partial charge is 0.0159 e. The highest BCUT2D eigenvalue weighted by Gasteiger charge is 2.35. The van der Waals surface area contributed by atoms with E-state index in [0.29, 0.717) is 0 Å². The van der Waals surface area contributed by atoms with Gasteiger partial charge in [0.15, 0.2) is 0 Å². The van der Waals surface area contributed by atoms with Gasteiger partial charge < -0.3 is 0 Å². The van der Waals surface area contributed by atoms with E-state index in [4.69, 9.17) is 0 Å². The molecule has 0 aliphatic heterocycles. The van der Waals surface area contributed by atoms with Crippen LogP contribution in [0.3, 0.4) is 0 Å². The van der Waals surface area contributed by atoms with E-state index >= 15 is 0 Å². The van der Waals surface area contributed by atoms with E-state index in [1.165, 1.54) is 77.9 Å². The van der Waals surface area contributed by atoms with Gasteiger partial charge in [-0.15, -0.1) is 0 Å². The van der Waals surface area contributed by atoms with Crippen molar-refractivity contribution >= 4 is 0 Å². The zero-order valence-electron chi connectivity index (χ0n) is 25.7. The van der Waals surface area contributed by atoms with Crippen molar-refractivity contribution in [1.29, 1.82) is 0 Å². The molecular formula is C45H34. The maximum Gasteiger partial charge on any atom is 0.0159 e. The lowest BCUT2D eigenvalue weighted by Gasteiger charge is -2.22. The second kappa shape index (κ2) is 10.9. The first kappa shape index (κ1) is 27.1. The zero-order valence-corrected chi connectivity index (χ0v) is 25.7. The SMILES string of the molecule is CC1(C)c2cc(-c3ccccc3)ccc2-c2ccc(-c3ccc(-c4ccccc4-c4ccccc4-c4ccccc4)cc3)cc21. The normalized spacial score (nSPS) is 12.8. The maximum absolute atomic E-state index is 2.41. The van der Waals surface area contributed by atoms with Gasteiger partial charge in [-0.05, 0) is 90.0 Å². The van der Waals surface area contributed by atoms with Crippen molar-refractivity contribution in [3.8, 4) is 66.8 Å². The minimum absolute atomic E-state index is 0.0729. The van der Waals surface area contributed by atoms with Crippen LogP contribution in [-0.4, -0.2) is 0 Å². The highest BCUT2D eigenvalue weighted by molar-refractivity contribution is 5.92. The van der Waals surface area contributed by atoms with Crippen molar-refractivity contribution in [2.45, 2.75) is 19.3 Å². The van der Waals surface area contributed by atoms with Crippen molar-refractivity contribution in [2.75, 3.05) is 0 Å². The minimum atomic E-state index is -0.0729. The first-order valence-electron chi connectivity index (χ1n) is 15.8. The van der Waals surface area contributed by atoms with Crippen LogP contribution in [0.2, 0.25) is 0 Å². The first-order valence-corrected chi connectivity index (χ1v) is 15.8. The highest BCUT2D eigenvalue weighted by Crippen LogP contribution is 2.50. The van der Waals surface area contributed by atoms with Gasteiger partial charge in [-0.25, -0.2) is 0 Å². The van der Waals surface area contributed by atoms with Crippen LogP contribution in [0.1, 0.15) is 25.0 Å². The molecule has 0 unspecified atom stereocenters. The van der Waals surface area contributed by atoms with Crippen molar-refractivity contribution in [2.24, 2.45) is 0 Å². The average Bonchev–Trinajstić information content (AvgIpc) is 3.34. The van der Waals surface area contributed by atoms with E-state index in [9.17, 15) is 0 Å². The molecule has 1 aliphatic rings. The van der Waals surface area contributed by atoms with E-state index in [1.807, 2.05) is 0 Å². The van der Waals surface area contributed by atoms with Gasteiger partial charge in [0.2, 0.25) is 0 Å². The molecule has 0 heterocycles. The third-order valence-corrected chi connectivity index (χ3v) is 9.54. The highest BCUT2D eigenvalue weighted by atomic mass is 14.4. The molecule has 0 amide bonds. The number of rotatable bonds is 5. The summed E-state index contributed by atoms with van der Waals surface area (Å²) in [5.74, 6) is 0. The zero-order chi connectivity index (χ0) is 30.4. The number of fused-ring (bicyclic) bond motifs is 3. The summed E-state index contributed by atoms with van der Waals surface area (Å²) in [5, 5.41) is 0. The standard InChI is InChI=1S/C45H34/c1-45(2)43-29-35(31-13-5-3-6-14-31)25-27-41(43)42-28-26-36(30-44(42)45)32-21-23-34(24-22-32)38-18-10-12-20-40(38)39-19-11-9-17-37(39)33-15-7-4-8-16-33/h3-30H,1-2H3. The second-order valence-electron chi connectivity index (χ2n) is 12.5. The molecule has 0 atom stereocenters. The predicted octanol–water partition coefficient (Wildman–Crippen LogP) is 12.3. The Kier molecular flexibility index (Phi) is 6.58. The van der Waals surface area contributed by atoms with Gasteiger partial charge >= 0.3 is 0 Å². The summed E-state index contributed by atoms with van der Waals surface area (Å²) >= 11 is 0. The van der Waals surface area contributed by atoms with Gasteiger partial charge in [-0.3, -0.25) is 0 Å². The Labute approximate surface area is 266 Å². The second-order valence-corrected chi connectivity index (χ2v) is 12.5. The molecule has 0 bridgehead atoms. The average molecular weight is 575 g/mol. The molecule has 214 valence electrons. The molecule has 0 N–H and O–H groups in total. The number of hydrogen-bond acceptors (Lipinski definition) is 0. The van der Waals surface area contributed by atoms with Crippen LogP contribution in [0, 0.1) is 0 Å². The summed E-state index contributed by atoms with van der Waals surface area (Å²) < 4.78 is 0. The Hall–Kier alpha value is -5.46. The van der Waals surface area contributed by atoms with Gasteiger partial charge in [-0.1, -0.05) is 172 Å². The van der Waals surface area contributed by atoms with Crippen molar-refractivity contribution in [1.82, 2.24) is 0 Å². The Morgan fingerprint density at radius 3 is 1.09 bits per heavy atom. The Morgan fingerprint density at radius 2 is 0.600 bits per heavy atom. The molecule has 1 aliphatic carbocycles. The summed E-state index contributed by atoms with van der Waals surface area (Å²) in [6, 6.07) is 62.0. The maximum atomic E-state index is 2.41. The van der Waals surface area contributed by atoms with E-state index in [0.717, 1.165) is 0 Å². The molecule has 45 heavy (non-hydrogen) atoms. The fourth-order valence-corrected chi connectivity index (χ4v) is 7.13. The lowest BCUT2D eigenvalue weighted by atomic mass is 9.81. The topological polar surface area (TPSA) is 0 Å². The van der Waals surface area contributed by atoms with Gasteiger partial charge in [0, 0.05) is 5.41 Å². The molecule has 0 saturated heterocycles. The largest absolute Gasteiger partial charge is 0.0622 e. The van der Waals surface area contributed by atoms with E-state index in [1.54, 1.807) is 0 Å². The summed E-state index contributed by atoms with van der Waals surface area (Å²) in [4.78, 5) is 0. The van der Waals surface area contributed by atoms with E-state index < -0.39 is 0 Å². The van der Waals surface area contributed by atoms with Crippen LogP contribution in [0.15, 0.2) is 170 Å². The Morgan fingerprint density at radius 1 is 0.267 bits per heavy atom. The molecule has 8 rings (SSSR count). The third-order valence-electron chi connectivity index (χ3n) is 9.54. The van der Waals surface area contributed by atoms with Gasteiger partial charge in [-0.2, -0.15) is 0 Å². The molecule has 0 aromatic heterocycles.